The number of methoxy groups -OCH3 is 1. The first-order valence-electron chi connectivity index (χ1n) is 9.15. The fourth-order valence-corrected chi connectivity index (χ4v) is 2.95. The normalized spacial score (nSPS) is 10.4. The lowest BCUT2D eigenvalue weighted by atomic mass is 10.1. The number of nitrogens with one attached hydrogen (secondary N) is 1. The van der Waals surface area contributed by atoms with Gasteiger partial charge in [0.1, 0.15) is 5.75 Å². The second-order valence-corrected chi connectivity index (χ2v) is 6.57. The molecular weight excluding hydrogens is 370 g/mol. The number of non-ortho nitro benzene ring substituents is 1. The molecule has 1 aromatic heterocycles. The van der Waals surface area contributed by atoms with Crippen molar-refractivity contribution in [1.29, 1.82) is 0 Å². The highest BCUT2D eigenvalue weighted by atomic mass is 16.6. The van der Waals surface area contributed by atoms with Gasteiger partial charge in [0.25, 0.3) is 11.6 Å². The van der Waals surface area contributed by atoms with E-state index in [1.165, 1.54) is 12.1 Å². The molecule has 29 heavy (non-hydrogen) atoms. The predicted octanol–water partition coefficient (Wildman–Crippen LogP) is 2.80. The van der Waals surface area contributed by atoms with Crippen LogP contribution in [0.1, 0.15) is 16.7 Å². The third-order valence-corrected chi connectivity index (χ3v) is 4.51. The van der Waals surface area contributed by atoms with Gasteiger partial charge in [-0.25, -0.2) is 0 Å². The Hall–Kier alpha value is -3.74. The highest BCUT2D eigenvalue weighted by Gasteiger charge is 2.11. The second-order valence-electron chi connectivity index (χ2n) is 6.57. The van der Waals surface area contributed by atoms with E-state index in [0.717, 1.165) is 22.4 Å². The van der Waals surface area contributed by atoms with Gasteiger partial charge < -0.3 is 10.1 Å². The highest BCUT2D eigenvalue weighted by molar-refractivity contribution is 5.74. The minimum atomic E-state index is -0.409. The number of rotatable bonds is 8. The Morgan fingerprint density at radius 2 is 1.69 bits per heavy atom. The van der Waals surface area contributed by atoms with Crippen molar-refractivity contribution in [1.82, 2.24) is 5.32 Å². The van der Waals surface area contributed by atoms with Gasteiger partial charge in [-0.05, 0) is 23.6 Å². The summed E-state index contributed by atoms with van der Waals surface area (Å²) in [7, 11) is 1.61. The zero-order valence-corrected chi connectivity index (χ0v) is 16.1. The summed E-state index contributed by atoms with van der Waals surface area (Å²) >= 11 is 0. The molecular formula is C22H22N3O4+. The number of nitro groups is 1. The van der Waals surface area contributed by atoms with Crippen molar-refractivity contribution in [2.75, 3.05) is 7.11 Å². The van der Waals surface area contributed by atoms with Crippen molar-refractivity contribution in [3.63, 3.8) is 0 Å². The van der Waals surface area contributed by atoms with Crippen LogP contribution >= 0.6 is 0 Å². The molecule has 1 amide bonds. The second kappa shape index (κ2) is 9.45. The van der Waals surface area contributed by atoms with E-state index in [4.69, 9.17) is 4.74 Å². The molecule has 0 fully saturated rings. The fraction of sp³-hybridized carbons (Fsp3) is 0.182. The molecule has 3 aromatic rings. The first-order chi connectivity index (χ1) is 14.0. The molecule has 0 aliphatic carbocycles. The quantitative estimate of drug-likeness (QED) is 0.363. The van der Waals surface area contributed by atoms with Gasteiger partial charge in [-0.2, -0.15) is 4.57 Å². The van der Waals surface area contributed by atoms with Gasteiger partial charge in [0.15, 0.2) is 12.4 Å². The topological polar surface area (TPSA) is 85.3 Å². The maximum absolute atomic E-state index is 12.2. The fourth-order valence-electron chi connectivity index (χ4n) is 2.95. The maximum Gasteiger partial charge on any atom is 0.286 e. The van der Waals surface area contributed by atoms with E-state index in [1.54, 1.807) is 23.8 Å². The number of benzene rings is 2. The van der Waals surface area contributed by atoms with Crippen molar-refractivity contribution >= 4 is 11.6 Å². The molecule has 0 atom stereocenters. The van der Waals surface area contributed by atoms with Gasteiger partial charge in [-0.3, -0.25) is 14.9 Å². The van der Waals surface area contributed by atoms with Crippen LogP contribution < -0.4 is 14.6 Å². The van der Waals surface area contributed by atoms with Crippen LogP contribution in [-0.4, -0.2) is 17.9 Å². The Bertz CT molecular complexity index is 986. The number of para-hydroxylation sites is 1. The van der Waals surface area contributed by atoms with Gasteiger partial charge in [0, 0.05) is 36.4 Å². The van der Waals surface area contributed by atoms with E-state index in [9.17, 15) is 14.9 Å². The lowest BCUT2D eigenvalue weighted by molar-refractivity contribution is -0.684. The highest BCUT2D eigenvalue weighted by Crippen LogP contribution is 2.17. The summed E-state index contributed by atoms with van der Waals surface area (Å²) < 4.78 is 7.09. The number of hydrogen-bond acceptors (Lipinski definition) is 4. The number of carbonyl (C=O) groups is 1. The number of ether oxygens (including phenoxy) is 1. The van der Waals surface area contributed by atoms with Crippen LogP contribution in [0, 0.1) is 10.1 Å². The van der Waals surface area contributed by atoms with E-state index in [0.29, 0.717) is 13.0 Å². The third-order valence-electron chi connectivity index (χ3n) is 4.51. The van der Waals surface area contributed by atoms with Gasteiger partial charge in [-0.15, -0.1) is 0 Å². The average Bonchev–Trinajstić information content (AvgIpc) is 2.74. The first-order valence-corrected chi connectivity index (χ1v) is 9.15. The average molecular weight is 392 g/mol. The molecule has 0 radical (unpaired) electrons. The lowest BCUT2D eigenvalue weighted by Gasteiger charge is -2.08. The molecule has 1 N–H and O–H groups in total. The van der Waals surface area contributed by atoms with Crippen LogP contribution in [0.25, 0.3) is 0 Å². The molecule has 0 saturated heterocycles. The third kappa shape index (κ3) is 5.62. The molecule has 3 rings (SSSR count). The van der Waals surface area contributed by atoms with Crippen molar-refractivity contribution in [2.24, 2.45) is 0 Å². The molecule has 7 nitrogen and oxygen atoms in total. The summed E-state index contributed by atoms with van der Waals surface area (Å²) in [6.07, 6.45) is 4.37. The van der Waals surface area contributed by atoms with Crippen LogP contribution in [-0.2, 0) is 24.3 Å². The number of pyridine rings is 1. The SMILES string of the molecule is COc1ccccc1CNC(=O)C[n+]1ccc(Cc2ccc([N+](=O)[O-])cc2)cc1. The Balaban J connectivity index is 1.53. The minimum Gasteiger partial charge on any atom is -0.496 e. The number of aromatic nitrogens is 1. The van der Waals surface area contributed by atoms with Crippen molar-refractivity contribution in [3.05, 3.63) is 99.9 Å². The zero-order chi connectivity index (χ0) is 20.6. The van der Waals surface area contributed by atoms with E-state index in [1.807, 2.05) is 48.8 Å². The van der Waals surface area contributed by atoms with Crippen molar-refractivity contribution in [2.45, 2.75) is 19.5 Å². The number of nitro benzene ring substituents is 1. The number of nitrogens with zero attached hydrogens (tertiary/aromatic N) is 2. The van der Waals surface area contributed by atoms with E-state index < -0.39 is 4.92 Å². The largest absolute Gasteiger partial charge is 0.496 e. The van der Waals surface area contributed by atoms with E-state index in [-0.39, 0.29) is 18.1 Å². The molecule has 7 heteroatoms. The van der Waals surface area contributed by atoms with Crippen LogP contribution in [0.15, 0.2) is 73.1 Å². The number of carbonyl (C=O) groups excluding carboxylic acids is 1. The summed E-state index contributed by atoms with van der Waals surface area (Å²) in [5.41, 5.74) is 3.05. The summed E-state index contributed by atoms with van der Waals surface area (Å²) in [5, 5.41) is 13.6. The number of amides is 1. The number of hydrogen-bond donors (Lipinski definition) is 1. The molecule has 0 aliphatic heterocycles. The Labute approximate surface area is 168 Å². The molecule has 0 saturated carbocycles. The summed E-state index contributed by atoms with van der Waals surface area (Å²) in [4.78, 5) is 22.5. The molecule has 0 spiro atoms. The lowest BCUT2D eigenvalue weighted by Crippen LogP contribution is -2.42. The first kappa shape index (κ1) is 20.0. The summed E-state index contributed by atoms with van der Waals surface area (Å²) in [6, 6.07) is 18.0. The van der Waals surface area contributed by atoms with Crippen molar-refractivity contribution < 1.29 is 19.0 Å². The van der Waals surface area contributed by atoms with Gasteiger partial charge in [0.05, 0.1) is 12.0 Å². The molecule has 1 heterocycles. The van der Waals surface area contributed by atoms with E-state index in [2.05, 4.69) is 5.32 Å². The molecule has 0 aliphatic rings. The Kier molecular flexibility index (Phi) is 6.52. The van der Waals surface area contributed by atoms with Crippen LogP contribution in [0.4, 0.5) is 5.69 Å². The van der Waals surface area contributed by atoms with Gasteiger partial charge in [0.2, 0.25) is 6.54 Å². The van der Waals surface area contributed by atoms with Crippen molar-refractivity contribution in [3.8, 4) is 5.75 Å². The summed E-state index contributed by atoms with van der Waals surface area (Å²) in [6.45, 7) is 0.620. The maximum atomic E-state index is 12.2. The molecule has 2 aromatic carbocycles. The predicted molar refractivity (Wildman–Crippen MR) is 107 cm³/mol. The van der Waals surface area contributed by atoms with Crippen LogP contribution in [0.5, 0.6) is 5.75 Å². The monoisotopic (exact) mass is 392 g/mol. The van der Waals surface area contributed by atoms with Gasteiger partial charge >= 0.3 is 0 Å². The molecule has 0 bridgehead atoms. The van der Waals surface area contributed by atoms with Crippen LogP contribution in [0.3, 0.4) is 0 Å². The smallest absolute Gasteiger partial charge is 0.286 e. The van der Waals surface area contributed by atoms with Crippen LogP contribution in [0.2, 0.25) is 0 Å². The van der Waals surface area contributed by atoms with Gasteiger partial charge in [-0.1, -0.05) is 30.3 Å². The zero-order valence-electron chi connectivity index (χ0n) is 16.1. The molecule has 148 valence electrons. The Morgan fingerprint density at radius 3 is 2.34 bits per heavy atom. The van der Waals surface area contributed by atoms with E-state index >= 15 is 0 Å². The Morgan fingerprint density at radius 1 is 1.03 bits per heavy atom. The standard InChI is InChI=1S/C22H21N3O4/c1-29-21-5-3-2-4-19(21)15-23-22(26)16-24-12-10-18(11-13-24)14-17-6-8-20(9-7-17)25(27)28/h2-13H,14-16H2,1H3/p+1. The molecule has 0 unspecified atom stereocenters. The minimum absolute atomic E-state index is 0.0822. The summed E-state index contributed by atoms with van der Waals surface area (Å²) in [5.74, 6) is 0.653.